The Bertz CT molecular complexity index is 827. The van der Waals surface area contributed by atoms with Crippen molar-refractivity contribution in [2.24, 2.45) is 0 Å². The summed E-state index contributed by atoms with van der Waals surface area (Å²) in [5.74, 6) is 0.814. The molecular formula is C25H31NO3. The van der Waals surface area contributed by atoms with Gasteiger partial charge < -0.3 is 14.8 Å². The SMILES string of the molecule is C[C@@H](Oc1cccc2c1CCCC2)C(=O)NCC1(c2ccccc2)CCOCC1. The van der Waals surface area contributed by atoms with Gasteiger partial charge in [0.05, 0.1) is 0 Å². The lowest BCUT2D eigenvalue weighted by atomic mass is 9.74. The first-order valence-electron chi connectivity index (χ1n) is 10.9. The molecule has 1 fully saturated rings. The second-order valence-electron chi connectivity index (χ2n) is 8.34. The Kier molecular flexibility index (Phi) is 6.19. The Morgan fingerprint density at radius 3 is 2.62 bits per heavy atom. The predicted molar refractivity (Wildman–Crippen MR) is 114 cm³/mol. The van der Waals surface area contributed by atoms with Crippen molar-refractivity contribution >= 4 is 5.91 Å². The van der Waals surface area contributed by atoms with Gasteiger partial charge in [-0.1, -0.05) is 42.5 Å². The van der Waals surface area contributed by atoms with E-state index in [9.17, 15) is 4.79 Å². The van der Waals surface area contributed by atoms with Crippen LogP contribution in [0.1, 0.15) is 49.3 Å². The van der Waals surface area contributed by atoms with Gasteiger partial charge in [-0.05, 0) is 68.2 Å². The van der Waals surface area contributed by atoms with Crippen molar-refractivity contribution in [3.63, 3.8) is 0 Å². The maximum absolute atomic E-state index is 12.9. The Morgan fingerprint density at radius 1 is 1.07 bits per heavy atom. The van der Waals surface area contributed by atoms with Crippen LogP contribution in [0.4, 0.5) is 0 Å². The van der Waals surface area contributed by atoms with Gasteiger partial charge in [0.2, 0.25) is 0 Å². The van der Waals surface area contributed by atoms with Crippen LogP contribution in [-0.2, 0) is 27.8 Å². The molecule has 154 valence electrons. The molecule has 4 heteroatoms. The topological polar surface area (TPSA) is 47.6 Å². The van der Waals surface area contributed by atoms with Gasteiger partial charge in [-0.2, -0.15) is 0 Å². The highest BCUT2D eigenvalue weighted by Gasteiger charge is 2.35. The number of benzene rings is 2. The number of fused-ring (bicyclic) bond motifs is 1. The van der Waals surface area contributed by atoms with Gasteiger partial charge in [-0.3, -0.25) is 4.79 Å². The Hall–Kier alpha value is -2.33. The van der Waals surface area contributed by atoms with Crippen LogP contribution < -0.4 is 10.1 Å². The highest BCUT2D eigenvalue weighted by atomic mass is 16.5. The average molecular weight is 394 g/mol. The van der Waals surface area contributed by atoms with E-state index in [2.05, 4.69) is 35.6 Å². The molecule has 0 radical (unpaired) electrons. The van der Waals surface area contributed by atoms with Crippen LogP contribution in [0.15, 0.2) is 48.5 Å². The molecule has 0 spiro atoms. The molecule has 1 saturated heterocycles. The first-order chi connectivity index (χ1) is 14.2. The summed E-state index contributed by atoms with van der Waals surface area (Å²) in [5.41, 5.74) is 3.85. The molecule has 1 N–H and O–H groups in total. The number of carbonyl (C=O) groups is 1. The number of rotatable bonds is 6. The molecule has 2 aliphatic rings. The van der Waals surface area contributed by atoms with Crippen molar-refractivity contribution in [3.8, 4) is 5.75 Å². The lowest BCUT2D eigenvalue weighted by Gasteiger charge is -2.38. The summed E-state index contributed by atoms with van der Waals surface area (Å²) in [6.07, 6.45) is 5.88. The van der Waals surface area contributed by atoms with Crippen molar-refractivity contribution in [1.82, 2.24) is 5.32 Å². The zero-order valence-corrected chi connectivity index (χ0v) is 17.3. The molecule has 1 heterocycles. The zero-order chi connectivity index (χ0) is 20.1. The van der Waals surface area contributed by atoms with E-state index in [0.29, 0.717) is 6.54 Å². The van der Waals surface area contributed by atoms with Crippen LogP contribution in [0.2, 0.25) is 0 Å². The van der Waals surface area contributed by atoms with Crippen LogP contribution in [0.25, 0.3) is 0 Å². The van der Waals surface area contributed by atoms with E-state index in [1.807, 2.05) is 25.1 Å². The van der Waals surface area contributed by atoms with Gasteiger partial charge in [0.1, 0.15) is 5.75 Å². The van der Waals surface area contributed by atoms with E-state index in [1.54, 1.807) is 0 Å². The Morgan fingerprint density at radius 2 is 1.83 bits per heavy atom. The monoisotopic (exact) mass is 393 g/mol. The normalized spacial score (nSPS) is 19.1. The van der Waals surface area contributed by atoms with E-state index in [4.69, 9.17) is 9.47 Å². The molecule has 0 bridgehead atoms. The summed E-state index contributed by atoms with van der Waals surface area (Å²) in [7, 11) is 0. The largest absolute Gasteiger partial charge is 0.481 e. The van der Waals surface area contributed by atoms with E-state index in [1.165, 1.54) is 29.5 Å². The van der Waals surface area contributed by atoms with Gasteiger partial charge in [0, 0.05) is 25.2 Å². The van der Waals surface area contributed by atoms with Crippen molar-refractivity contribution < 1.29 is 14.3 Å². The van der Waals surface area contributed by atoms with Crippen molar-refractivity contribution in [2.45, 2.75) is 57.0 Å². The molecule has 0 aromatic heterocycles. The first kappa shape index (κ1) is 20.0. The van der Waals surface area contributed by atoms with Crippen molar-refractivity contribution in [2.75, 3.05) is 19.8 Å². The average Bonchev–Trinajstić information content (AvgIpc) is 2.79. The van der Waals surface area contributed by atoms with Crippen LogP contribution >= 0.6 is 0 Å². The highest BCUT2D eigenvalue weighted by molar-refractivity contribution is 5.80. The number of hydrogen-bond donors (Lipinski definition) is 1. The van der Waals surface area contributed by atoms with E-state index in [0.717, 1.165) is 44.6 Å². The van der Waals surface area contributed by atoms with E-state index in [-0.39, 0.29) is 11.3 Å². The smallest absolute Gasteiger partial charge is 0.260 e. The highest BCUT2D eigenvalue weighted by Crippen LogP contribution is 2.34. The summed E-state index contributed by atoms with van der Waals surface area (Å²) >= 11 is 0. The number of aryl methyl sites for hydroxylation is 1. The molecule has 4 rings (SSSR count). The quantitative estimate of drug-likeness (QED) is 0.800. The predicted octanol–water partition coefficient (Wildman–Crippen LogP) is 4.20. The molecule has 1 atom stereocenters. The van der Waals surface area contributed by atoms with Crippen molar-refractivity contribution in [3.05, 3.63) is 65.2 Å². The van der Waals surface area contributed by atoms with Crippen LogP contribution in [0.5, 0.6) is 5.75 Å². The molecule has 0 unspecified atom stereocenters. The summed E-state index contributed by atoms with van der Waals surface area (Å²) in [4.78, 5) is 12.9. The maximum atomic E-state index is 12.9. The van der Waals surface area contributed by atoms with Gasteiger partial charge in [0.15, 0.2) is 6.10 Å². The molecule has 29 heavy (non-hydrogen) atoms. The third kappa shape index (κ3) is 4.48. The Balaban J connectivity index is 1.42. The minimum Gasteiger partial charge on any atom is -0.481 e. The summed E-state index contributed by atoms with van der Waals surface area (Å²) in [6, 6.07) is 16.7. The van der Waals surface area contributed by atoms with Gasteiger partial charge in [-0.25, -0.2) is 0 Å². The van der Waals surface area contributed by atoms with Crippen molar-refractivity contribution in [1.29, 1.82) is 0 Å². The molecule has 1 amide bonds. The molecule has 2 aromatic carbocycles. The Labute approximate surface area is 173 Å². The second-order valence-corrected chi connectivity index (χ2v) is 8.34. The number of amides is 1. The minimum absolute atomic E-state index is 0.0554. The molecule has 1 aliphatic heterocycles. The lowest BCUT2D eigenvalue weighted by Crippen LogP contribution is -2.47. The lowest BCUT2D eigenvalue weighted by molar-refractivity contribution is -0.127. The fraction of sp³-hybridized carbons (Fsp3) is 0.480. The number of hydrogen-bond acceptors (Lipinski definition) is 3. The standard InChI is InChI=1S/C25H31NO3/c1-19(29-23-13-7-9-20-8-5-6-12-22(20)23)24(27)26-18-25(14-16-28-17-15-25)21-10-3-2-4-11-21/h2-4,7,9-11,13,19H,5-6,8,12,14-18H2,1H3,(H,26,27)/t19-/m1/s1. The first-order valence-corrected chi connectivity index (χ1v) is 10.9. The number of nitrogens with one attached hydrogen (secondary N) is 1. The van der Waals surface area contributed by atoms with Crippen LogP contribution in [0.3, 0.4) is 0 Å². The number of ether oxygens (including phenoxy) is 2. The fourth-order valence-corrected chi connectivity index (χ4v) is 4.62. The summed E-state index contributed by atoms with van der Waals surface area (Å²) in [6.45, 7) is 3.91. The minimum atomic E-state index is -0.518. The zero-order valence-electron chi connectivity index (χ0n) is 17.3. The fourth-order valence-electron chi connectivity index (χ4n) is 4.62. The maximum Gasteiger partial charge on any atom is 0.260 e. The van der Waals surface area contributed by atoms with Crippen LogP contribution in [-0.4, -0.2) is 31.8 Å². The molecule has 1 aliphatic carbocycles. The molecular weight excluding hydrogens is 362 g/mol. The van der Waals surface area contributed by atoms with E-state index < -0.39 is 6.10 Å². The molecule has 0 saturated carbocycles. The van der Waals surface area contributed by atoms with Crippen LogP contribution in [0, 0.1) is 0 Å². The molecule has 2 aromatic rings. The second kappa shape index (κ2) is 9.00. The van der Waals surface area contributed by atoms with Gasteiger partial charge in [0.25, 0.3) is 5.91 Å². The van der Waals surface area contributed by atoms with E-state index >= 15 is 0 Å². The summed E-state index contributed by atoms with van der Waals surface area (Å²) in [5, 5.41) is 3.17. The summed E-state index contributed by atoms with van der Waals surface area (Å²) < 4.78 is 11.7. The van der Waals surface area contributed by atoms with Gasteiger partial charge in [-0.15, -0.1) is 0 Å². The third-order valence-corrected chi connectivity index (χ3v) is 6.46. The molecule has 4 nitrogen and oxygen atoms in total. The number of carbonyl (C=O) groups excluding carboxylic acids is 1. The van der Waals surface area contributed by atoms with Gasteiger partial charge >= 0.3 is 0 Å². The third-order valence-electron chi connectivity index (χ3n) is 6.46.